The molecule has 0 saturated heterocycles. The van der Waals surface area contributed by atoms with Crippen LogP contribution in [0.1, 0.15) is 30.7 Å². The number of hydrogen-bond donors (Lipinski definition) is 0. The Morgan fingerprint density at radius 1 is 1.20 bits per heavy atom. The van der Waals surface area contributed by atoms with Gasteiger partial charge >= 0.3 is 0 Å². The normalized spacial score (nSPS) is 14.2. The van der Waals surface area contributed by atoms with Gasteiger partial charge in [0.2, 0.25) is 17.7 Å². The molecule has 0 radical (unpaired) electrons. The lowest BCUT2D eigenvalue weighted by molar-refractivity contribution is -0.118. The van der Waals surface area contributed by atoms with E-state index in [0.29, 0.717) is 24.6 Å². The first kappa shape index (κ1) is 16.0. The molecule has 128 valence electrons. The fourth-order valence-electron chi connectivity index (χ4n) is 3.16. The maximum Gasteiger partial charge on any atom is 0.248 e. The molecule has 4 rings (SSSR count). The molecule has 0 saturated carbocycles. The van der Waals surface area contributed by atoms with Gasteiger partial charge < -0.3 is 9.32 Å². The Hall–Kier alpha value is -2.47. The molecular weight excluding hydrogens is 334 g/mol. The maximum atomic E-state index is 12.8. The van der Waals surface area contributed by atoms with E-state index in [9.17, 15) is 4.79 Å². The summed E-state index contributed by atoms with van der Waals surface area (Å²) in [7, 11) is 0. The molecule has 0 fully saturated rings. The van der Waals surface area contributed by atoms with Crippen molar-refractivity contribution in [2.24, 2.45) is 0 Å². The number of thiophene rings is 1. The summed E-state index contributed by atoms with van der Waals surface area (Å²) in [6.45, 7) is 0.778. The highest BCUT2D eigenvalue weighted by Gasteiger charge is 2.21. The molecule has 2 aromatic heterocycles. The summed E-state index contributed by atoms with van der Waals surface area (Å²) in [6, 6.07) is 10.1. The SMILES string of the molecule is O=C(CCc1nnc(-c2ccsc2)o1)N1CCCCc2ccccc21. The summed E-state index contributed by atoms with van der Waals surface area (Å²) in [4.78, 5) is 14.7. The Morgan fingerprint density at radius 3 is 3.00 bits per heavy atom. The van der Waals surface area contributed by atoms with Gasteiger partial charge in [0.15, 0.2) is 0 Å². The van der Waals surface area contributed by atoms with Crippen LogP contribution < -0.4 is 4.90 Å². The van der Waals surface area contributed by atoms with Gasteiger partial charge in [0.05, 0.1) is 0 Å². The summed E-state index contributed by atoms with van der Waals surface area (Å²) in [6.07, 6.45) is 4.03. The minimum Gasteiger partial charge on any atom is -0.421 e. The molecule has 0 atom stereocenters. The predicted molar refractivity (Wildman–Crippen MR) is 97.7 cm³/mol. The third kappa shape index (κ3) is 3.49. The highest BCUT2D eigenvalue weighted by atomic mass is 32.1. The van der Waals surface area contributed by atoms with Crippen LogP contribution in [0.25, 0.3) is 11.5 Å². The van der Waals surface area contributed by atoms with Crippen LogP contribution in [0.15, 0.2) is 45.5 Å². The van der Waals surface area contributed by atoms with Gasteiger partial charge in [0, 0.05) is 36.0 Å². The second-order valence-electron chi connectivity index (χ2n) is 6.14. The second-order valence-corrected chi connectivity index (χ2v) is 6.92. The van der Waals surface area contributed by atoms with E-state index in [-0.39, 0.29) is 5.91 Å². The fraction of sp³-hybridized carbons (Fsp3) is 0.316. The number of rotatable bonds is 4. The number of amides is 1. The number of carbonyl (C=O) groups is 1. The Bertz CT molecular complexity index is 857. The molecule has 1 amide bonds. The van der Waals surface area contributed by atoms with Crippen LogP contribution in [0.4, 0.5) is 5.69 Å². The summed E-state index contributed by atoms with van der Waals surface area (Å²) >= 11 is 1.59. The Kier molecular flexibility index (Phi) is 4.61. The molecule has 3 heterocycles. The maximum absolute atomic E-state index is 12.8. The average Bonchev–Trinajstić information content (AvgIpc) is 3.27. The van der Waals surface area contributed by atoms with Crippen molar-refractivity contribution in [1.82, 2.24) is 10.2 Å². The van der Waals surface area contributed by atoms with E-state index < -0.39 is 0 Å². The van der Waals surface area contributed by atoms with E-state index in [1.807, 2.05) is 39.9 Å². The predicted octanol–water partition coefficient (Wildman–Crippen LogP) is 4.10. The summed E-state index contributed by atoms with van der Waals surface area (Å²) in [5.74, 6) is 1.14. The quantitative estimate of drug-likeness (QED) is 0.708. The van der Waals surface area contributed by atoms with Crippen LogP contribution in [0.3, 0.4) is 0 Å². The monoisotopic (exact) mass is 353 g/mol. The molecule has 1 aliphatic rings. The number of aromatic nitrogens is 2. The molecule has 25 heavy (non-hydrogen) atoms. The van der Waals surface area contributed by atoms with Crippen molar-refractivity contribution < 1.29 is 9.21 Å². The lowest BCUT2D eigenvalue weighted by Gasteiger charge is -2.22. The zero-order valence-corrected chi connectivity index (χ0v) is 14.7. The Morgan fingerprint density at radius 2 is 2.12 bits per heavy atom. The largest absolute Gasteiger partial charge is 0.421 e. The van der Waals surface area contributed by atoms with Crippen LogP contribution >= 0.6 is 11.3 Å². The first-order valence-electron chi connectivity index (χ1n) is 8.54. The third-order valence-electron chi connectivity index (χ3n) is 4.45. The topological polar surface area (TPSA) is 59.2 Å². The van der Waals surface area contributed by atoms with Crippen LogP contribution in [0, 0.1) is 0 Å². The minimum atomic E-state index is 0.115. The summed E-state index contributed by atoms with van der Waals surface area (Å²) in [5, 5.41) is 12.1. The zero-order valence-electron chi connectivity index (χ0n) is 13.9. The van der Waals surface area contributed by atoms with Crippen molar-refractivity contribution in [1.29, 1.82) is 0 Å². The van der Waals surface area contributed by atoms with Crippen molar-refractivity contribution in [2.45, 2.75) is 32.1 Å². The second kappa shape index (κ2) is 7.19. The molecule has 1 aromatic carbocycles. The summed E-state index contributed by atoms with van der Waals surface area (Å²) in [5.41, 5.74) is 3.23. The van der Waals surface area contributed by atoms with Gasteiger partial charge in [-0.25, -0.2) is 0 Å². The Labute approximate surface area is 150 Å². The molecule has 0 spiro atoms. The number of hydrogen-bond acceptors (Lipinski definition) is 5. The first-order chi connectivity index (χ1) is 12.3. The summed E-state index contributed by atoms with van der Waals surface area (Å²) < 4.78 is 5.67. The lowest BCUT2D eigenvalue weighted by Crippen LogP contribution is -2.31. The highest BCUT2D eigenvalue weighted by Crippen LogP contribution is 2.27. The first-order valence-corrected chi connectivity index (χ1v) is 9.49. The molecular formula is C19H19N3O2S. The minimum absolute atomic E-state index is 0.115. The standard InChI is InChI=1S/C19H19N3O2S/c23-18(22-11-4-3-6-14-5-1-2-7-16(14)22)9-8-17-20-21-19(24-17)15-10-12-25-13-15/h1-2,5,7,10,12-13H,3-4,6,8-9,11H2. The average molecular weight is 353 g/mol. The third-order valence-corrected chi connectivity index (χ3v) is 5.13. The van der Waals surface area contributed by atoms with Crippen LogP contribution in [-0.2, 0) is 17.6 Å². The molecule has 3 aromatic rings. The van der Waals surface area contributed by atoms with Gasteiger partial charge in [0.1, 0.15) is 0 Å². The van der Waals surface area contributed by atoms with Crippen LogP contribution in [-0.4, -0.2) is 22.6 Å². The highest BCUT2D eigenvalue weighted by molar-refractivity contribution is 7.08. The lowest BCUT2D eigenvalue weighted by atomic mass is 10.1. The number of anilines is 1. The number of nitrogens with zero attached hydrogens (tertiary/aromatic N) is 3. The van der Waals surface area contributed by atoms with Gasteiger partial charge in [-0.15, -0.1) is 10.2 Å². The van der Waals surface area contributed by atoms with Gasteiger partial charge in [-0.05, 0) is 42.3 Å². The Balaban J connectivity index is 1.44. The van der Waals surface area contributed by atoms with Gasteiger partial charge in [-0.3, -0.25) is 4.79 Å². The molecule has 0 N–H and O–H groups in total. The molecule has 6 heteroatoms. The molecule has 5 nitrogen and oxygen atoms in total. The van der Waals surface area contributed by atoms with E-state index >= 15 is 0 Å². The molecule has 0 aliphatic carbocycles. The molecule has 0 bridgehead atoms. The van der Waals surface area contributed by atoms with Gasteiger partial charge in [0.25, 0.3) is 0 Å². The van der Waals surface area contributed by atoms with E-state index in [1.54, 1.807) is 11.3 Å². The van der Waals surface area contributed by atoms with Crippen LogP contribution in [0.5, 0.6) is 0 Å². The van der Waals surface area contributed by atoms with E-state index in [4.69, 9.17) is 4.42 Å². The fourth-order valence-corrected chi connectivity index (χ4v) is 3.79. The number of aryl methyl sites for hydroxylation is 2. The molecule has 1 aliphatic heterocycles. The zero-order chi connectivity index (χ0) is 17.1. The van der Waals surface area contributed by atoms with Crippen molar-refractivity contribution in [3.63, 3.8) is 0 Å². The van der Waals surface area contributed by atoms with Crippen molar-refractivity contribution in [2.75, 3.05) is 11.4 Å². The van der Waals surface area contributed by atoms with Gasteiger partial charge in [-0.1, -0.05) is 18.2 Å². The van der Waals surface area contributed by atoms with E-state index in [2.05, 4.69) is 16.3 Å². The van der Waals surface area contributed by atoms with Crippen molar-refractivity contribution in [3.8, 4) is 11.5 Å². The number of fused-ring (bicyclic) bond motifs is 1. The number of carbonyl (C=O) groups excluding carboxylic acids is 1. The van der Waals surface area contributed by atoms with Crippen LogP contribution in [0.2, 0.25) is 0 Å². The molecule has 0 unspecified atom stereocenters. The number of para-hydroxylation sites is 1. The van der Waals surface area contributed by atoms with Crippen molar-refractivity contribution >= 4 is 22.9 Å². The van der Waals surface area contributed by atoms with E-state index in [0.717, 1.165) is 37.1 Å². The number of benzene rings is 1. The smallest absolute Gasteiger partial charge is 0.248 e. The van der Waals surface area contributed by atoms with E-state index in [1.165, 1.54) is 5.56 Å². The van der Waals surface area contributed by atoms with Crippen molar-refractivity contribution in [3.05, 3.63) is 52.5 Å². The van der Waals surface area contributed by atoms with Gasteiger partial charge in [-0.2, -0.15) is 11.3 Å².